The van der Waals surface area contributed by atoms with Gasteiger partial charge in [-0.3, -0.25) is 4.99 Å². The van der Waals surface area contributed by atoms with Crippen LogP contribution in [0.5, 0.6) is 0 Å². The lowest BCUT2D eigenvalue weighted by molar-refractivity contribution is 0.471. The number of aromatic nitrogens is 2. The molecule has 2 rings (SSSR count). The summed E-state index contributed by atoms with van der Waals surface area (Å²) >= 11 is 3.46. The smallest absolute Gasteiger partial charge is 0.193 e. The van der Waals surface area contributed by atoms with E-state index >= 15 is 0 Å². The van der Waals surface area contributed by atoms with E-state index in [1.54, 1.807) is 22.7 Å². The molecule has 0 amide bonds. The normalized spacial score (nSPS) is 11.3. The average molecular weight is 465 g/mol. The van der Waals surface area contributed by atoms with Gasteiger partial charge < -0.3 is 10.2 Å². The molecule has 2 aromatic heterocycles. The van der Waals surface area contributed by atoms with Gasteiger partial charge >= 0.3 is 0 Å². The lowest BCUT2D eigenvalue weighted by Gasteiger charge is -2.21. The van der Waals surface area contributed by atoms with Gasteiger partial charge in [0.05, 0.1) is 27.9 Å². The van der Waals surface area contributed by atoms with Crippen molar-refractivity contribution < 1.29 is 0 Å². The molecule has 0 radical (unpaired) electrons. The van der Waals surface area contributed by atoms with Crippen LogP contribution in [0.3, 0.4) is 0 Å². The van der Waals surface area contributed by atoms with Crippen LogP contribution in [0.4, 0.5) is 0 Å². The van der Waals surface area contributed by atoms with Crippen molar-refractivity contribution in [3.8, 4) is 0 Å². The fraction of sp³-hybridized carbons (Fsp3) is 0.533. The van der Waals surface area contributed by atoms with E-state index in [1.165, 1.54) is 4.88 Å². The molecule has 0 saturated heterocycles. The lowest BCUT2D eigenvalue weighted by Crippen LogP contribution is -2.39. The summed E-state index contributed by atoms with van der Waals surface area (Å²) in [6.45, 7) is 7.78. The molecule has 23 heavy (non-hydrogen) atoms. The molecule has 0 fully saturated rings. The number of nitrogens with one attached hydrogen (secondary N) is 1. The molecule has 1 N–H and O–H groups in total. The molecule has 0 bridgehead atoms. The molecular weight excluding hydrogens is 441 g/mol. The summed E-state index contributed by atoms with van der Waals surface area (Å²) in [7, 11) is 3.85. The van der Waals surface area contributed by atoms with Crippen LogP contribution in [0.2, 0.25) is 0 Å². The molecule has 0 atom stereocenters. The zero-order chi connectivity index (χ0) is 16.1. The summed E-state index contributed by atoms with van der Waals surface area (Å²) < 4.78 is 0. The molecule has 128 valence electrons. The predicted molar refractivity (Wildman–Crippen MR) is 110 cm³/mol. The number of hydrogen-bond acceptors (Lipinski definition) is 5. The van der Waals surface area contributed by atoms with Crippen molar-refractivity contribution in [2.45, 2.75) is 33.7 Å². The average Bonchev–Trinajstić information content (AvgIpc) is 3.00. The monoisotopic (exact) mass is 465 g/mol. The van der Waals surface area contributed by atoms with Crippen molar-refractivity contribution in [2.24, 2.45) is 4.99 Å². The number of aliphatic imine (C=N–C) groups is 1. The minimum Gasteiger partial charge on any atom is -0.356 e. The zero-order valence-electron chi connectivity index (χ0n) is 14.2. The number of hydrogen-bond donors (Lipinski definition) is 1. The Balaban J connectivity index is 0.00000264. The number of nitrogens with zero attached hydrogens (tertiary/aromatic N) is 4. The first-order chi connectivity index (χ1) is 10.5. The van der Waals surface area contributed by atoms with Crippen LogP contribution in [0.25, 0.3) is 0 Å². The molecule has 2 heterocycles. The first-order valence-electron chi connectivity index (χ1n) is 7.25. The minimum absolute atomic E-state index is 0. The first kappa shape index (κ1) is 20.3. The van der Waals surface area contributed by atoms with Crippen molar-refractivity contribution in [3.63, 3.8) is 0 Å². The van der Waals surface area contributed by atoms with Crippen LogP contribution < -0.4 is 5.32 Å². The minimum atomic E-state index is 0. The second-order valence-electron chi connectivity index (χ2n) is 5.18. The molecule has 0 aliphatic heterocycles. The Bertz CT molecular complexity index is 650. The molecule has 8 heteroatoms. The Kier molecular flexibility index (Phi) is 8.41. The highest BCUT2D eigenvalue weighted by Crippen LogP contribution is 2.17. The van der Waals surface area contributed by atoms with Gasteiger partial charge in [0.15, 0.2) is 5.96 Å². The van der Waals surface area contributed by atoms with E-state index in [0.717, 1.165) is 46.9 Å². The number of aryl methyl sites for hydroxylation is 3. The Hall–Kier alpha value is -0.740. The highest BCUT2D eigenvalue weighted by atomic mass is 127. The second kappa shape index (κ2) is 9.53. The van der Waals surface area contributed by atoms with Crippen molar-refractivity contribution in [1.29, 1.82) is 0 Å². The molecule has 0 aromatic carbocycles. The van der Waals surface area contributed by atoms with Gasteiger partial charge in [0, 0.05) is 37.3 Å². The third kappa shape index (κ3) is 6.00. The topological polar surface area (TPSA) is 53.4 Å². The van der Waals surface area contributed by atoms with E-state index in [0.29, 0.717) is 0 Å². The van der Waals surface area contributed by atoms with E-state index in [4.69, 9.17) is 0 Å². The lowest BCUT2D eigenvalue weighted by atomic mass is 10.3. The highest BCUT2D eigenvalue weighted by Gasteiger charge is 2.09. The van der Waals surface area contributed by atoms with Gasteiger partial charge in [0.2, 0.25) is 0 Å². The molecule has 0 spiro atoms. The largest absolute Gasteiger partial charge is 0.356 e. The van der Waals surface area contributed by atoms with Crippen LogP contribution in [0.15, 0.2) is 10.4 Å². The predicted octanol–water partition coefficient (Wildman–Crippen LogP) is 3.39. The fourth-order valence-corrected chi connectivity index (χ4v) is 3.82. The van der Waals surface area contributed by atoms with E-state index < -0.39 is 0 Å². The van der Waals surface area contributed by atoms with Gasteiger partial charge in [-0.1, -0.05) is 0 Å². The number of thiazole rings is 2. The standard InChI is InChI=1S/C15H23N5S2.HI/c1-10-14(22-12(3)18-10)6-7-17-15(16-4)20(5)8-13-9-21-11(2)19-13;/h9H,6-8H2,1-5H3,(H,16,17);1H. The summed E-state index contributed by atoms with van der Waals surface area (Å²) in [5.41, 5.74) is 2.23. The van der Waals surface area contributed by atoms with E-state index in [9.17, 15) is 0 Å². The maximum atomic E-state index is 4.50. The van der Waals surface area contributed by atoms with Crippen molar-refractivity contribution >= 4 is 52.6 Å². The first-order valence-corrected chi connectivity index (χ1v) is 8.95. The molecular formula is C15H24IN5S2. The van der Waals surface area contributed by atoms with Gasteiger partial charge in [-0.05, 0) is 20.8 Å². The Morgan fingerprint density at radius 3 is 2.52 bits per heavy atom. The van der Waals surface area contributed by atoms with Gasteiger partial charge in [-0.25, -0.2) is 9.97 Å². The van der Waals surface area contributed by atoms with Crippen LogP contribution in [0, 0.1) is 20.8 Å². The molecule has 0 unspecified atom stereocenters. The molecule has 0 aliphatic rings. The van der Waals surface area contributed by atoms with Crippen LogP contribution in [0.1, 0.15) is 26.3 Å². The third-order valence-corrected chi connectivity index (χ3v) is 5.23. The molecule has 2 aromatic rings. The van der Waals surface area contributed by atoms with Gasteiger partial charge in [0.1, 0.15) is 0 Å². The van der Waals surface area contributed by atoms with Crippen LogP contribution in [-0.2, 0) is 13.0 Å². The SMILES string of the molecule is CN=C(NCCc1sc(C)nc1C)N(C)Cc1csc(C)n1.I. The Labute approximate surface area is 163 Å². The highest BCUT2D eigenvalue weighted by molar-refractivity contribution is 14.0. The van der Waals surface area contributed by atoms with Gasteiger partial charge in [0.25, 0.3) is 0 Å². The Morgan fingerprint density at radius 2 is 2.00 bits per heavy atom. The van der Waals surface area contributed by atoms with Crippen molar-refractivity contribution in [3.05, 3.63) is 31.7 Å². The maximum absolute atomic E-state index is 4.50. The Morgan fingerprint density at radius 1 is 1.26 bits per heavy atom. The van der Waals surface area contributed by atoms with Gasteiger partial charge in [-0.2, -0.15) is 0 Å². The zero-order valence-corrected chi connectivity index (χ0v) is 18.2. The summed E-state index contributed by atoms with van der Waals surface area (Å²) in [4.78, 5) is 16.7. The number of guanidine groups is 1. The van der Waals surface area contributed by atoms with E-state index in [-0.39, 0.29) is 24.0 Å². The van der Waals surface area contributed by atoms with Gasteiger partial charge in [-0.15, -0.1) is 46.7 Å². The quantitative estimate of drug-likeness (QED) is 0.418. The second-order valence-corrected chi connectivity index (χ2v) is 7.53. The number of rotatable bonds is 5. The molecule has 0 saturated carbocycles. The third-order valence-electron chi connectivity index (χ3n) is 3.27. The van der Waals surface area contributed by atoms with Crippen molar-refractivity contribution in [2.75, 3.05) is 20.6 Å². The fourth-order valence-electron chi connectivity index (χ4n) is 2.28. The summed E-state index contributed by atoms with van der Waals surface area (Å²) in [6.07, 6.45) is 0.972. The maximum Gasteiger partial charge on any atom is 0.193 e. The summed E-state index contributed by atoms with van der Waals surface area (Å²) in [5, 5.41) is 7.74. The molecule has 5 nitrogen and oxygen atoms in total. The number of halogens is 1. The van der Waals surface area contributed by atoms with Crippen LogP contribution in [-0.4, -0.2) is 41.5 Å². The summed E-state index contributed by atoms with van der Waals surface area (Å²) in [6, 6.07) is 0. The van der Waals surface area contributed by atoms with E-state index in [1.807, 2.05) is 21.0 Å². The van der Waals surface area contributed by atoms with E-state index in [2.05, 4.69) is 44.4 Å². The molecule has 0 aliphatic carbocycles. The summed E-state index contributed by atoms with van der Waals surface area (Å²) in [5.74, 6) is 0.893. The van der Waals surface area contributed by atoms with Crippen LogP contribution >= 0.6 is 46.7 Å². The van der Waals surface area contributed by atoms with Crippen molar-refractivity contribution in [1.82, 2.24) is 20.2 Å².